The first-order chi connectivity index (χ1) is 16.6. The Morgan fingerprint density at radius 3 is 2.50 bits per heavy atom. The van der Waals surface area contributed by atoms with Crippen LogP contribution in [0.15, 0.2) is 42.7 Å². The molecule has 0 aliphatic carbocycles. The summed E-state index contributed by atoms with van der Waals surface area (Å²) in [7, 11) is 2.96. The Hall–Kier alpha value is -4.48. The Balaban J connectivity index is 1.33. The highest BCUT2D eigenvalue weighted by Crippen LogP contribution is 2.33. The van der Waals surface area contributed by atoms with Gasteiger partial charge in [0.25, 0.3) is 11.7 Å². The van der Waals surface area contributed by atoms with Gasteiger partial charge in [0.05, 0.1) is 37.1 Å². The van der Waals surface area contributed by atoms with Gasteiger partial charge in [0.1, 0.15) is 11.3 Å². The van der Waals surface area contributed by atoms with E-state index in [0.717, 1.165) is 5.69 Å². The minimum atomic E-state index is -0.625. The highest BCUT2D eigenvalue weighted by Gasteiger charge is 2.31. The van der Waals surface area contributed by atoms with Gasteiger partial charge in [-0.3, -0.25) is 9.59 Å². The summed E-state index contributed by atoms with van der Waals surface area (Å²) in [6.07, 6.45) is 2.95. The average molecular weight is 462 g/mol. The fourth-order valence-electron chi connectivity index (χ4n) is 4.07. The molecule has 174 valence electrons. The molecule has 1 aliphatic rings. The zero-order valence-electron chi connectivity index (χ0n) is 18.6. The molecular formula is C22H22N8O4. The number of methoxy groups -OCH3 is 2. The Kier molecular flexibility index (Phi) is 5.54. The third kappa shape index (κ3) is 3.58. The minimum absolute atomic E-state index is 0.216. The molecule has 0 unspecified atom stereocenters. The summed E-state index contributed by atoms with van der Waals surface area (Å²) in [5, 5.41) is 12.5. The second-order valence-corrected chi connectivity index (χ2v) is 7.62. The van der Waals surface area contributed by atoms with Crippen LogP contribution in [0.2, 0.25) is 0 Å². The number of pyridine rings is 1. The summed E-state index contributed by atoms with van der Waals surface area (Å²) in [4.78, 5) is 36.9. The van der Waals surface area contributed by atoms with E-state index in [1.165, 1.54) is 26.6 Å². The summed E-state index contributed by atoms with van der Waals surface area (Å²) in [5.74, 6) is 0.0739. The van der Waals surface area contributed by atoms with Crippen molar-refractivity contribution in [2.75, 3.05) is 45.3 Å². The van der Waals surface area contributed by atoms with E-state index in [1.54, 1.807) is 9.58 Å². The van der Waals surface area contributed by atoms with Crippen LogP contribution < -0.4 is 14.4 Å². The Labute approximate surface area is 194 Å². The Bertz CT molecular complexity index is 1340. The largest absolute Gasteiger partial charge is 0.494 e. The number of tetrazole rings is 1. The van der Waals surface area contributed by atoms with Crippen LogP contribution in [-0.4, -0.2) is 87.2 Å². The maximum atomic E-state index is 13.2. The summed E-state index contributed by atoms with van der Waals surface area (Å²) in [5.41, 5.74) is 1.55. The number of carbonyl (C=O) groups is 2. The van der Waals surface area contributed by atoms with Gasteiger partial charge in [-0.05, 0) is 22.6 Å². The molecular weight excluding hydrogens is 440 g/mol. The quantitative estimate of drug-likeness (QED) is 0.330. The van der Waals surface area contributed by atoms with Crippen molar-refractivity contribution in [1.29, 1.82) is 0 Å². The summed E-state index contributed by atoms with van der Waals surface area (Å²) in [6, 6.07) is 9.57. The average Bonchev–Trinajstić information content (AvgIpc) is 3.56. The van der Waals surface area contributed by atoms with Gasteiger partial charge in [-0.2, -0.15) is 4.68 Å². The van der Waals surface area contributed by atoms with E-state index in [2.05, 4.69) is 25.5 Å². The number of H-pyrrole nitrogens is 1. The molecule has 5 rings (SSSR count). The molecule has 1 amide bonds. The number of nitrogens with one attached hydrogen (secondary N) is 1. The predicted molar refractivity (Wildman–Crippen MR) is 121 cm³/mol. The summed E-state index contributed by atoms with van der Waals surface area (Å²) >= 11 is 0. The van der Waals surface area contributed by atoms with E-state index in [-0.39, 0.29) is 5.56 Å². The molecule has 4 heterocycles. The SMILES string of the molecule is COc1ncc(OC)c2c(C(=O)C(=O)N3CCN(c4nnnn4-c4ccccc4)CC3)c[nH]c12. The van der Waals surface area contributed by atoms with Crippen molar-refractivity contribution < 1.29 is 19.1 Å². The molecule has 0 bridgehead atoms. The van der Waals surface area contributed by atoms with E-state index in [1.807, 2.05) is 35.2 Å². The highest BCUT2D eigenvalue weighted by molar-refractivity contribution is 6.45. The molecule has 1 saturated heterocycles. The number of hydrogen-bond donors (Lipinski definition) is 1. The number of carbonyl (C=O) groups excluding carboxylic acids is 2. The second kappa shape index (κ2) is 8.81. The van der Waals surface area contributed by atoms with E-state index in [9.17, 15) is 9.59 Å². The normalized spacial score (nSPS) is 13.8. The van der Waals surface area contributed by atoms with Crippen molar-refractivity contribution in [3.8, 4) is 17.3 Å². The number of rotatable bonds is 6. The third-order valence-electron chi connectivity index (χ3n) is 5.80. The van der Waals surface area contributed by atoms with Gasteiger partial charge in [0.2, 0.25) is 11.8 Å². The van der Waals surface area contributed by atoms with E-state index in [4.69, 9.17) is 9.47 Å². The number of amides is 1. The number of para-hydroxylation sites is 1. The molecule has 1 aromatic carbocycles. The maximum Gasteiger partial charge on any atom is 0.295 e. The first-order valence-electron chi connectivity index (χ1n) is 10.6. The number of benzene rings is 1. The zero-order valence-corrected chi connectivity index (χ0v) is 18.6. The number of aromatic nitrogens is 6. The molecule has 1 aliphatic heterocycles. The van der Waals surface area contributed by atoms with Crippen LogP contribution in [0.5, 0.6) is 11.6 Å². The highest BCUT2D eigenvalue weighted by atomic mass is 16.5. The molecule has 12 heteroatoms. The number of piperazine rings is 1. The number of anilines is 1. The summed E-state index contributed by atoms with van der Waals surface area (Å²) < 4.78 is 12.3. The van der Waals surface area contributed by atoms with Crippen LogP contribution in [0.25, 0.3) is 16.6 Å². The lowest BCUT2D eigenvalue weighted by Gasteiger charge is -2.34. The number of ether oxygens (including phenoxy) is 2. The molecule has 0 radical (unpaired) electrons. The van der Waals surface area contributed by atoms with E-state index >= 15 is 0 Å². The van der Waals surface area contributed by atoms with Crippen molar-refractivity contribution in [2.24, 2.45) is 0 Å². The first-order valence-corrected chi connectivity index (χ1v) is 10.6. The van der Waals surface area contributed by atoms with Gasteiger partial charge in [0, 0.05) is 32.4 Å². The Morgan fingerprint density at radius 1 is 1.03 bits per heavy atom. The molecule has 12 nitrogen and oxygen atoms in total. The lowest BCUT2D eigenvalue weighted by atomic mass is 10.1. The summed E-state index contributed by atoms with van der Waals surface area (Å²) in [6.45, 7) is 1.69. The van der Waals surface area contributed by atoms with Crippen LogP contribution in [0, 0.1) is 0 Å². The van der Waals surface area contributed by atoms with Crippen molar-refractivity contribution in [1.82, 2.24) is 35.1 Å². The maximum absolute atomic E-state index is 13.2. The number of ketones is 1. The molecule has 1 N–H and O–H groups in total. The van der Waals surface area contributed by atoms with Gasteiger partial charge in [-0.15, -0.1) is 0 Å². The second-order valence-electron chi connectivity index (χ2n) is 7.62. The van der Waals surface area contributed by atoms with Crippen molar-refractivity contribution in [3.05, 3.63) is 48.3 Å². The number of Topliss-reactive ketones (excluding diaryl/α,β-unsaturated/α-hetero) is 1. The van der Waals surface area contributed by atoms with Gasteiger partial charge < -0.3 is 24.3 Å². The van der Waals surface area contributed by atoms with E-state index < -0.39 is 11.7 Å². The fraction of sp³-hybridized carbons (Fsp3) is 0.273. The standard InChI is InChI=1S/C22H22N8O4/c1-33-16-13-24-20(34-2)18-17(16)15(12-23-18)19(31)21(32)28-8-10-29(11-9-28)22-25-26-27-30(22)14-6-4-3-5-7-14/h3-7,12-13,23H,8-11H2,1-2H3. The zero-order chi connectivity index (χ0) is 23.7. The molecule has 0 atom stereocenters. The monoisotopic (exact) mass is 462 g/mol. The Morgan fingerprint density at radius 2 is 1.79 bits per heavy atom. The first kappa shape index (κ1) is 21.4. The number of nitrogens with zero attached hydrogens (tertiary/aromatic N) is 7. The molecule has 4 aromatic rings. The van der Waals surface area contributed by atoms with Crippen molar-refractivity contribution in [2.45, 2.75) is 0 Å². The third-order valence-corrected chi connectivity index (χ3v) is 5.80. The van der Waals surface area contributed by atoms with Crippen molar-refractivity contribution >= 4 is 28.5 Å². The topological polar surface area (TPSA) is 131 Å². The molecule has 34 heavy (non-hydrogen) atoms. The van der Waals surface area contributed by atoms with Crippen LogP contribution in [0.4, 0.5) is 5.95 Å². The molecule has 1 fully saturated rings. The van der Waals surface area contributed by atoms with Crippen LogP contribution in [0.3, 0.4) is 0 Å². The smallest absolute Gasteiger partial charge is 0.295 e. The number of hydrogen-bond acceptors (Lipinski definition) is 9. The van der Waals surface area contributed by atoms with Crippen molar-refractivity contribution in [3.63, 3.8) is 0 Å². The number of aromatic amines is 1. The number of fused-ring (bicyclic) bond motifs is 1. The van der Waals surface area contributed by atoms with Gasteiger partial charge in [-0.25, -0.2) is 4.98 Å². The van der Waals surface area contributed by atoms with Gasteiger partial charge >= 0.3 is 0 Å². The lowest BCUT2D eigenvalue weighted by Crippen LogP contribution is -2.51. The molecule has 0 spiro atoms. The van der Waals surface area contributed by atoms with Crippen LogP contribution in [0.1, 0.15) is 10.4 Å². The van der Waals surface area contributed by atoms with Crippen LogP contribution >= 0.6 is 0 Å². The predicted octanol–water partition coefficient (Wildman–Crippen LogP) is 1.09. The fourth-order valence-corrected chi connectivity index (χ4v) is 4.07. The lowest BCUT2D eigenvalue weighted by molar-refractivity contribution is -0.126. The molecule has 0 saturated carbocycles. The molecule has 3 aromatic heterocycles. The van der Waals surface area contributed by atoms with E-state index in [0.29, 0.717) is 54.7 Å². The minimum Gasteiger partial charge on any atom is -0.494 e. The van der Waals surface area contributed by atoms with Crippen LogP contribution in [-0.2, 0) is 4.79 Å². The van der Waals surface area contributed by atoms with Gasteiger partial charge in [0.15, 0.2) is 0 Å². The van der Waals surface area contributed by atoms with Gasteiger partial charge in [-0.1, -0.05) is 23.3 Å².